The molecular formula is C10H9Br2ClO2. The average molecular weight is 356 g/mol. The van der Waals surface area contributed by atoms with Crippen molar-refractivity contribution in [2.24, 2.45) is 0 Å². The van der Waals surface area contributed by atoms with Crippen LogP contribution < -0.4 is 0 Å². The monoisotopic (exact) mass is 354 g/mol. The molecule has 1 aromatic carbocycles. The minimum atomic E-state index is -0.270. The highest BCUT2D eigenvalue weighted by Gasteiger charge is 2.11. The maximum absolute atomic E-state index is 11.3. The molecule has 2 nitrogen and oxygen atoms in total. The van der Waals surface area contributed by atoms with Gasteiger partial charge in [0.15, 0.2) is 0 Å². The molecule has 0 aliphatic heterocycles. The Morgan fingerprint density at radius 3 is 2.73 bits per heavy atom. The summed E-state index contributed by atoms with van der Waals surface area (Å²) in [5, 5.41) is 0.539. The van der Waals surface area contributed by atoms with Gasteiger partial charge in [-0.3, -0.25) is 4.79 Å². The van der Waals surface area contributed by atoms with E-state index in [0.29, 0.717) is 11.6 Å². The topological polar surface area (TPSA) is 26.3 Å². The quantitative estimate of drug-likeness (QED) is 0.605. The van der Waals surface area contributed by atoms with Crippen LogP contribution in [0.3, 0.4) is 0 Å². The third kappa shape index (κ3) is 3.47. The first-order valence-electron chi connectivity index (χ1n) is 4.34. The molecule has 15 heavy (non-hydrogen) atoms. The van der Waals surface area contributed by atoms with Crippen LogP contribution in [0.15, 0.2) is 21.1 Å². The average Bonchev–Trinajstić information content (AvgIpc) is 2.20. The van der Waals surface area contributed by atoms with Crippen LogP contribution in [0, 0.1) is 0 Å². The standard InChI is InChI=1S/C10H9Br2ClO2/c1-2-15-8(14)5-6-3-4-7(11)9(12)10(6)13/h3-4H,2,5H2,1H3. The molecule has 0 fully saturated rings. The van der Waals surface area contributed by atoms with Crippen LogP contribution in [-0.4, -0.2) is 12.6 Å². The highest BCUT2D eigenvalue weighted by molar-refractivity contribution is 9.13. The zero-order chi connectivity index (χ0) is 11.4. The molecule has 0 saturated carbocycles. The lowest BCUT2D eigenvalue weighted by Gasteiger charge is -2.07. The molecule has 0 aliphatic rings. The molecule has 0 aliphatic carbocycles. The van der Waals surface area contributed by atoms with Crippen molar-refractivity contribution in [3.05, 3.63) is 31.7 Å². The van der Waals surface area contributed by atoms with Crippen LogP contribution in [0.5, 0.6) is 0 Å². The molecule has 0 N–H and O–H groups in total. The summed E-state index contributed by atoms with van der Waals surface area (Å²) in [5.74, 6) is -0.270. The minimum Gasteiger partial charge on any atom is -0.466 e. The summed E-state index contributed by atoms with van der Waals surface area (Å²) >= 11 is 12.7. The van der Waals surface area contributed by atoms with Crippen molar-refractivity contribution >= 4 is 49.4 Å². The zero-order valence-electron chi connectivity index (χ0n) is 8.02. The Kier molecular flexibility index (Phi) is 5.09. The van der Waals surface area contributed by atoms with Gasteiger partial charge in [0.25, 0.3) is 0 Å². The second-order valence-corrected chi connectivity index (χ2v) is 4.84. The number of halogens is 3. The third-order valence-electron chi connectivity index (χ3n) is 1.76. The zero-order valence-corrected chi connectivity index (χ0v) is 11.9. The highest BCUT2D eigenvalue weighted by atomic mass is 79.9. The molecule has 0 saturated heterocycles. The second-order valence-electron chi connectivity index (χ2n) is 2.82. The number of carbonyl (C=O) groups excluding carboxylic acids is 1. The van der Waals surface area contributed by atoms with Crippen molar-refractivity contribution in [1.82, 2.24) is 0 Å². The van der Waals surface area contributed by atoms with Crippen LogP contribution in [0.4, 0.5) is 0 Å². The predicted molar refractivity (Wildman–Crippen MR) is 67.2 cm³/mol. The molecule has 0 atom stereocenters. The smallest absolute Gasteiger partial charge is 0.310 e. The molecule has 5 heteroatoms. The van der Waals surface area contributed by atoms with Crippen LogP contribution in [0.1, 0.15) is 12.5 Å². The largest absolute Gasteiger partial charge is 0.466 e. The fourth-order valence-electron chi connectivity index (χ4n) is 1.07. The Labute approximate surface area is 110 Å². The van der Waals surface area contributed by atoms with E-state index in [0.717, 1.165) is 14.5 Å². The molecule has 1 rings (SSSR count). The van der Waals surface area contributed by atoms with Gasteiger partial charge in [0.1, 0.15) is 0 Å². The number of rotatable bonds is 3. The van der Waals surface area contributed by atoms with Crippen molar-refractivity contribution in [2.75, 3.05) is 6.61 Å². The summed E-state index contributed by atoms with van der Waals surface area (Å²) in [6.07, 6.45) is 0.193. The normalized spacial score (nSPS) is 10.1. The maximum atomic E-state index is 11.3. The van der Waals surface area contributed by atoms with Gasteiger partial charge in [0.2, 0.25) is 0 Å². The van der Waals surface area contributed by atoms with Crippen molar-refractivity contribution < 1.29 is 9.53 Å². The first-order chi connectivity index (χ1) is 7.06. The Bertz CT molecular complexity index is 380. The Morgan fingerprint density at radius 1 is 1.47 bits per heavy atom. The van der Waals surface area contributed by atoms with Crippen molar-refractivity contribution in [3.63, 3.8) is 0 Å². The van der Waals surface area contributed by atoms with E-state index in [1.54, 1.807) is 13.0 Å². The summed E-state index contributed by atoms with van der Waals surface area (Å²) in [7, 11) is 0. The van der Waals surface area contributed by atoms with E-state index in [4.69, 9.17) is 16.3 Å². The molecular weight excluding hydrogens is 347 g/mol. The van der Waals surface area contributed by atoms with E-state index < -0.39 is 0 Å². The summed E-state index contributed by atoms with van der Waals surface area (Å²) < 4.78 is 6.46. The Balaban J connectivity index is 2.87. The molecule has 0 spiro atoms. The first kappa shape index (κ1) is 13.0. The number of hydrogen-bond acceptors (Lipinski definition) is 2. The number of carbonyl (C=O) groups is 1. The van der Waals surface area contributed by atoms with Gasteiger partial charge in [-0.25, -0.2) is 0 Å². The van der Waals surface area contributed by atoms with E-state index in [1.165, 1.54) is 0 Å². The van der Waals surface area contributed by atoms with E-state index in [1.807, 2.05) is 6.07 Å². The third-order valence-corrected chi connectivity index (χ3v) is 4.43. The van der Waals surface area contributed by atoms with Crippen molar-refractivity contribution in [3.8, 4) is 0 Å². The van der Waals surface area contributed by atoms with E-state index in [-0.39, 0.29) is 12.4 Å². The summed E-state index contributed by atoms with van der Waals surface area (Å²) in [5.41, 5.74) is 0.755. The van der Waals surface area contributed by atoms with Gasteiger partial charge in [-0.15, -0.1) is 0 Å². The van der Waals surface area contributed by atoms with Gasteiger partial charge in [0.05, 0.1) is 22.5 Å². The van der Waals surface area contributed by atoms with E-state index in [9.17, 15) is 4.79 Å². The lowest BCUT2D eigenvalue weighted by molar-refractivity contribution is -0.142. The fraction of sp³-hybridized carbons (Fsp3) is 0.300. The fourth-order valence-corrected chi connectivity index (χ4v) is 2.13. The molecule has 0 bridgehead atoms. The number of hydrogen-bond donors (Lipinski definition) is 0. The first-order valence-corrected chi connectivity index (χ1v) is 6.30. The molecule has 0 radical (unpaired) electrons. The summed E-state index contributed by atoms with van der Waals surface area (Å²) in [4.78, 5) is 11.3. The SMILES string of the molecule is CCOC(=O)Cc1ccc(Br)c(Br)c1Cl. The Morgan fingerprint density at radius 2 is 2.13 bits per heavy atom. The lowest BCUT2D eigenvalue weighted by Crippen LogP contribution is -2.07. The Hall–Kier alpha value is -0.0600. The molecule has 82 valence electrons. The second kappa shape index (κ2) is 5.87. The summed E-state index contributed by atoms with van der Waals surface area (Å²) in [6, 6.07) is 3.64. The molecule has 0 aromatic heterocycles. The van der Waals surface area contributed by atoms with Crippen LogP contribution in [-0.2, 0) is 16.0 Å². The number of benzene rings is 1. The van der Waals surface area contributed by atoms with Crippen LogP contribution >= 0.6 is 43.5 Å². The van der Waals surface area contributed by atoms with Crippen molar-refractivity contribution in [2.45, 2.75) is 13.3 Å². The molecule has 0 unspecified atom stereocenters. The van der Waals surface area contributed by atoms with Gasteiger partial charge in [0, 0.05) is 4.47 Å². The lowest BCUT2D eigenvalue weighted by atomic mass is 10.1. The van der Waals surface area contributed by atoms with Crippen molar-refractivity contribution in [1.29, 1.82) is 0 Å². The molecule has 0 heterocycles. The number of ether oxygens (including phenoxy) is 1. The maximum Gasteiger partial charge on any atom is 0.310 e. The van der Waals surface area contributed by atoms with Gasteiger partial charge in [-0.05, 0) is 50.4 Å². The minimum absolute atomic E-state index is 0.193. The van der Waals surface area contributed by atoms with Gasteiger partial charge >= 0.3 is 5.97 Å². The summed E-state index contributed by atoms with van der Waals surface area (Å²) in [6.45, 7) is 2.16. The highest BCUT2D eigenvalue weighted by Crippen LogP contribution is 2.33. The molecule has 0 amide bonds. The van der Waals surface area contributed by atoms with Gasteiger partial charge < -0.3 is 4.74 Å². The van der Waals surface area contributed by atoms with Gasteiger partial charge in [-0.1, -0.05) is 17.7 Å². The van der Waals surface area contributed by atoms with Crippen LogP contribution in [0.25, 0.3) is 0 Å². The van der Waals surface area contributed by atoms with Crippen LogP contribution in [0.2, 0.25) is 5.02 Å². The number of esters is 1. The van der Waals surface area contributed by atoms with Gasteiger partial charge in [-0.2, -0.15) is 0 Å². The van der Waals surface area contributed by atoms with E-state index >= 15 is 0 Å². The predicted octanol–water partition coefficient (Wildman–Crippen LogP) is 3.97. The molecule has 1 aromatic rings. The van der Waals surface area contributed by atoms with E-state index in [2.05, 4.69) is 31.9 Å².